The second kappa shape index (κ2) is 8.83. The van der Waals surface area contributed by atoms with Crippen LogP contribution in [0, 0.1) is 13.8 Å². The number of methoxy groups -OCH3 is 2. The third-order valence-corrected chi connectivity index (χ3v) is 5.35. The van der Waals surface area contributed by atoms with Crippen molar-refractivity contribution in [1.82, 2.24) is 4.90 Å². The van der Waals surface area contributed by atoms with Crippen molar-refractivity contribution in [3.8, 4) is 11.5 Å². The van der Waals surface area contributed by atoms with E-state index in [-0.39, 0.29) is 5.91 Å². The molecule has 0 bridgehead atoms. The maximum absolute atomic E-state index is 12.6. The van der Waals surface area contributed by atoms with Gasteiger partial charge in [0.25, 0.3) is 0 Å². The van der Waals surface area contributed by atoms with Crippen molar-refractivity contribution in [2.75, 3.05) is 45.3 Å². The van der Waals surface area contributed by atoms with Gasteiger partial charge in [0.2, 0.25) is 5.91 Å². The second-order valence-electron chi connectivity index (χ2n) is 6.97. The highest BCUT2D eigenvalue weighted by Crippen LogP contribution is 2.26. The Hall–Kier alpha value is -2.95. The van der Waals surface area contributed by atoms with Crippen molar-refractivity contribution < 1.29 is 14.3 Å². The lowest BCUT2D eigenvalue weighted by atomic mass is 10.1. The first-order chi connectivity index (χ1) is 13.5. The average molecular weight is 380 g/mol. The Morgan fingerprint density at radius 2 is 1.75 bits per heavy atom. The number of aryl methyl sites for hydroxylation is 1. The van der Waals surface area contributed by atoms with E-state index in [9.17, 15) is 4.79 Å². The van der Waals surface area contributed by atoms with E-state index in [2.05, 4.69) is 36.9 Å². The zero-order valence-corrected chi connectivity index (χ0v) is 17.1. The molecule has 28 heavy (non-hydrogen) atoms. The van der Waals surface area contributed by atoms with Gasteiger partial charge in [0.1, 0.15) is 11.5 Å². The standard InChI is InChI=1S/C23H28N2O3/c1-17-6-5-7-21(18(17)2)24-12-14-25(15-13-24)23(26)11-9-19-8-10-20(27-3)16-22(19)28-4/h5-11,16H,12-15H2,1-4H3/b11-9+. The molecule has 5 heteroatoms. The lowest BCUT2D eigenvalue weighted by molar-refractivity contribution is -0.126. The highest BCUT2D eigenvalue weighted by atomic mass is 16.5. The van der Waals surface area contributed by atoms with Crippen molar-refractivity contribution in [3.63, 3.8) is 0 Å². The molecule has 1 saturated heterocycles. The summed E-state index contributed by atoms with van der Waals surface area (Å²) in [7, 11) is 3.23. The Morgan fingerprint density at radius 3 is 2.43 bits per heavy atom. The molecule has 2 aromatic rings. The molecule has 3 rings (SSSR count). The van der Waals surface area contributed by atoms with E-state index in [4.69, 9.17) is 9.47 Å². The number of hydrogen-bond acceptors (Lipinski definition) is 4. The summed E-state index contributed by atoms with van der Waals surface area (Å²) in [6.07, 6.45) is 3.43. The molecule has 148 valence electrons. The Bertz CT molecular complexity index is 868. The van der Waals surface area contributed by atoms with E-state index in [0.717, 1.165) is 37.5 Å². The largest absolute Gasteiger partial charge is 0.497 e. The van der Waals surface area contributed by atoms with Crippen LogP contribution >= 0.6 is 0 Å². The Morgan fingerprint density at radius 1 is 1.00 bits per heavy atom. The SMILES string of the molecule is COc1ccc(/C=C/C(=O)N2CCN(c3cccc(C)c3C)CC2)c(OC)c1. The first-order valence-corrected chi connectivity index (χ1v) is 9.53. The third-order valence-electron chi connectivity index (χ3n) is 5.35. The predicted molar refractivity (Wildman–Crippen MR) is 113 cm³/mol. The van der Waals surface area contributed by atoms with Gasteiger partial charge in [-0.05, 0) is 49.2 Å². The van der Waals surface area contributed by atoms with Gasteiger partial charge in [-0.15, -0.1) is 0 Å². The van der Waals surface area contributed by atoms with Gasteiger partial charge in [-0.25, -0.2) is 0 Å². The van der Waals surface area contributed by atoms with E-state index in [1.165, 1.54) is 16.8 Å². The van der Waals surface area contributed by atoms with Crippen LogP contribution in [-0.2, 0) is 4.79 Å². The molecule has 0 aliphatic carbocycles. The molecule has 0 spiro atoms. The minimum atomic E-state index is 0.0264. The quantitative estimate of drug-likeness (QED) is 0.742. The van der Waals surface area contributed by atoms with Crippen LogP contribution in [-0.4, -0.2) is 51.2 Å². The van der Waals surface area contributed by atoms with Crippen LogP contribution in [0.5, 0.6) is 11.5 Å². The average Bonchev–Trinajstić information content (AvgIpc) is 2.74. The summed E-state index contributed by atoms with van der Waals surface area (Å²) in [5, 5.41) is 0. The summed E-state index contributed by atoms with van der Waals surface area (Å²) in [5.74, 6) is 1.43. The first-order valence-electron chi connectivity index (χ1n) is 9.53. The Labute approximate surface area is 167 Å². The minimum Gasteiger partial charge on any atom is -0.497 e. The molecule has 5 nitrogen and oxygen atoms in total. The summed E-state index contributed by atoms with van der Waals surface area (Å²) >= 11 is 0. The first kappa shape index (κ1) is 19.8. The number of hydrogen-bond donors (Lipinski definition) is 0. The van der Waals surface area contributed by atoms with Gasteiger partial charge in [0, 0.05) is 49.6 Å². The van der Waals surface area contributed by atoms with Crippen LogP contribution in [0.4, 0.5) is 5.69 Å². The summed E-state index contributed by atoms with van der Waals surface area (Å²) < 4.78 is 10.6. The molecule has 1 aliphatic rings. The summed E-state index contributed by atoms with van der Waals surface area (Å²) in [5.41, 5.74) is 4.73. The van der Waals surface area contributed by atoms with Crippen LogP contribution < -0.4 is 14.4 Å². The Kier molecular flexibility index (Phi) is 6.24. The molecule has 0 N–H and O–H groups in total. The van der Waals surface area contributed by atoms with Crippen molar-refractivity contribution in [1.29, 1.82) is 0 Å². The molecule has 1 aliphatic heterocycles. The van der Waals surface area contributed by atoms with Crippen molar-refractivity contribution in [3.05, 3.63) is 59.2 Å². The molecular formula is C23H28N2O3. The monoisotopic (exact) mass is 380 g/mol. The normalized spacial score (nSPS) is 14.4. The molecule has 0 radical (unpaired) electrons. The van der Waals surface area contributed by atoms with Crippen LogP contribution in [0.3, 0.4) is 0 Å². The molecule has 1 fully saturated rings. The molecule has 0 aromatic heterocycles. The fraction of sp³-hybridized carbons (Fsp3) is 0.348. The fourth-order valence-electron chi connectivity index (χ4n) is 3.47. The van der Waals surface area contributed by atoms with E-state index in [0.29, 0.717) is 5.75 Å². The molecule has 2 aromatic carbocycles. The van der Waals surface area contributed by atoms with Crippen LogP contribution in [0.25, 0.3) is 6.08 Å². The highest BCUT2D eigenvalue weighted by Gasteiger charge is 2.21. The highest BCUT2D eigenvalue weighted by molar-refractivity contribution is 5.92. The number of rotatable bonds is 5. The topological polar surface area (TPSA) is 42.0 Å². The number of ether oxygens (including phenoxy) is 2. The maximum Gasteiger partial charge on any atom is 0.246 e. The van der Waals surface area contributed by atoms with Crippen LogP contribution in [0.2, 0.25) is 0 Å². The summed E-state index contributed by atoms with van der Waals surface area (Å²) in [6, 6.07) is 12.0. The van der Waals surface area contributed by atoms with Gasteiger partial charge in [-0.3, -0.25) is 4.79 Å². The number of carbonyl (C=O) groups is 1. The molecular weight excluding hydrogens is 352 g/mol. The smallest absolute Gasteiger partial charge is 0.246 e. The number of nitrogens with zero attached hydrogens (tertiary/aromatic N) is 2. The van der Waals surface area contributed by atoms with E-state index in [1.807, 2.05) is 23.1 Å². The van der Waals surface area contributed by atoms with Gasteiger partial charge >= 0.3 is 0 Å². The third kappa shape index (κ3) is 4.30. The van der Waals surface area contributed by atoms with Gasteiger partial charge in [-0.1, -0.05) is 12.1 Å². The van der Waals surface area contributed by atoms with E-state index >= 15 is 0 Å². The molecule has 0 saturated carbocycles. The van der Waals surface area contributed by atoms with Gasteiger partial charge < -0.3 is 19.3 Å². The van der Waals surface area contributed by atoms with E-state index < -0.39 is 0 Å². The molecule has 1 amide bonds. The van der Waals surface area contributed by atoms with Gasteiger partial charge in [-0.2, -0.15) is 0 Å². The molecule has 0 atom stereocenters. The van der Waals surface area contributed by atoms with Gasteiger partial charge in [0.15, 0.2) is 0 Å². The zero-order chi connectivity index (χ0) is 20.1. The lowest BCUT2D eigenvalue weighted by Crippen LogP contribution is -2.48. The number of anilines is 1. The molecule has 0 unspecified atom stereocenters. The summed E-state index contributed by atoms with van der Waals surface area (Å²) in [6.45, 7) is 7.42. The zero-order valence-electron chi connectivity index (χ0n) is 17.1. The predicted octanol–water partition coefficient (Wildman–Crippen LogP) is 3.68. The van der Waals surface area contributed by atoms with Crippen molar-refractivity contribution in [2.45, 2.75) is 13.8 Å². The van der Waals surface area contributed by atoms with Crippen LogP contribution in [0.1, 0.15) is 16.7 Å². The van der Waals surface area contributed by atoms with Crippen LogP contribution in [0.15, 0.2) is 42.5 Å². The molecule has 1 heterocycles. The van der Waals surface area contributed by atoms with Gasteiger partial charge in [0.05, 0.1) is 14.2 Å². The minimum absolute atomic E-state index is 0.0264. The fourth-order valence-corrected chi connectivity index (χ4v) is 3.47. The van der Waals surface area contributed by atoms with E-state index in [1.54, 1.807) is 26.4 Å². The number of benzene rings is 2. The second-order valence-corrected chi connectivity index (χ2v) is 6.97. The maximum atomic E-state index is 12.6. The summed E-state index contributed by atoms with van der Waals surface area (Å²) in [4.78, 5) is 16.9. The number of carbonyl (C=O) groups excluding carboxylic acids is 1. The van der Waals surface area contributed by atoms with Crippen molar-refractivity contribution >= 4 is 17.7 Å². The lowest BCUT2D eigenvalue weighted by Gasteiger charge is -2.36. The Balaban J connectivity index is 1.63. The number of piperazine rings is 1. The van der Waals surface area contributed by atoms with Crippen molar-refractivity contribution in [2.24, 2.45) is 0 Å². The number of amides is 1.